The van der Waals surface area contributed by atoms with Crippen LogP contribution in [0.1, 0.15) is 57.2 Å². The van der Waals surface area contributed by atoms with Crippen molar-refractivity contribution < 1.29 is 14.3 Å². The van der Waals surface area contributed by atoms with Crippen LogP contribution in [-0.2, 0) is 21.4 Å². The van der Waals surface area contributed by atoms with E-state index >= 15 is 0 Å². The smallest absolute Gasteiger partial charge is 0.259 e. The number of hydrazone groups is 1. The summed E-state index contributed by atoms with van der Waals surface area (Å²) >= 11 is 0. The molecule has 1 fully saturated rings. The molecule has 2 unspecified atom stereocenters. The molecule has 1 amide bonds. The van der Waals surface area contributed by atoms with Crippen molar-refractivity contribution in [1.29, 1.82) is 0 Å². The number of aryl methyl sites for hydroxylation is 1. The summed E-state index contributed by atoms with van der Waals surface area (Å²) in [5.41, 5.74) is 4.10. The Kier molecular flexibility index (Phi) is 7.85. The summed E-state index contributed by atoms with van der Waals surface area (Å²) in [6, 6.07) is 9.13. The van der Waals surface area contributed by atoms with Gasteiger partial charge in [-0.3, -0.25) is 19.8 Å². The fraction of sp³-hybridized carbons (Fsp3) is 0.538. The summed E-state index contributed by atoms with van der Waals surface area (Å²) in [6.07, 6.45) is 3.65. The molecular weight excluding hydrogens is 446 g/mol. The minimum atomic E-state index is -0.718. The second-order valence-electron chi connectivity index (χ2n) is 9.57. The first-order valence-electron chi connectivity index (χ1n) is 12.5. The van der Waals surface area contributed by atoms with Crippen molar-refractivity contribution in [3.63, 3.8) is 0 Å². The standard InChI is InChI=1S/C26H35N5O4/c1-4-19(32)11-6-5-7-12-21(27-23(33)18-15-30(2)16-18)25-29-28-24(35-25)20-14-17-10-8-9-13-22(17)31(3)26(20)34/h8-10,13-14,18,21,24,28H,4-7,11-12,15-16H2,1-3H3,(H,27,33). The number of carbonyl (C=O) groups is 2. The highest BCUT2D eigenvalue weighted by Crippen LogP contribution is 2.23. The number of amides is 1. The number of aromatic nitrogens is 1. The van der Waals surface area contributed by atoms with Crippen LogP contribution >= 0.6 is 0 Å². The number of Topliss-reactive ketones (excluding diaryl/α,β-unsaturated/α-hetero) is 1. The second-order valence-corrected chi connectivity index (χ2v) is 9.57. The Bertz CT molecular complexity index is 1170. The molecule has 1 aromatic carbocycles. The van der Waals surface area contributed by atoms with Crippen LogP contribution in [0.3, 0.4) is 0 Å². The maximum atomic E-state index is 13.0. The lowest BCUT2D eigenvalue weighted by atomic mass is 9.99. The largest absolute Gasteiger partial charge is 0.448 e. The van der Waals surface area contributed by atoms with Crippen LogP contribution in [0.5, 0.6) is 0 Å². The fourth-order valence-electron chi connectivity index (χ4n) is 4.66. The van der Waals surface area contributed by atoms with Gasteiger partial charge in [0.2, 0.25) is 18.0 Å². The number of ketones is 1. The van der Waals surface area contributed by atoms with Crippen LogP contribution in [0.15, 0.2) is 40.2 Å². The van der Waals surface area contributed by atoms with Gasteiger partial charge in [0.15, 0.2) is 0 Å². The number of benzene rings is 1. The Morgan fingerprint density at radius 1 is 1.20 bits per heavy atom. The monoisotopic (exact) mass is 481 g/mol. The number of rotatable bonds is 11. The van der Waals surface area contributed by atoms with E-state index < -0.39 is 12.3 Å². The van der Waals surface area contributed by atoms with Crippen LogP contribution in [-0.4, -0.2) is 53.2 Å². The van der Waals surface area contributed by atoms with E-state index in [1.54, 1.807) is 11.6 Å². The number of nitrogens with zero attached hydrogens (tertiary/aromatic N) is 3. The number of hydrogen-bond donors (Lipinski definition) is 2. The zero-order chi connectivity index (χ0) is 24.9. The Morgan fingerprint density at radius 3 is 2.71 bits per heavy atom. The van der Waals surface area contributed by atoms with Gasteiger partial charge in [-0.2, -0.15) is 0 Å². The molecule has 2 aromatic rings. The first-order valence-corrected chi connectivity index (χ1v) is 12.5. The number of unbranched alkanes of at least 4 members (excludes halogenated alkanes) is 2. The van der Waals surface area contributed by atoms with Gasteiger partial charge >= 0.3 is 0 Å². The first-order chi connectivity index (χ1) is 16.9. The van der Waals surface area contributed by atoms with Gasteiger partial charge in [0.1, 0.15) is 11.8 Å². The van der Waals surface area contributed by atoms with Crippen molar-refractivity contribution in [2.45, 2.75) is 57.7 Å². The number of likely N-dealkylation sites (tertiary alicyclic amines) is 1. The van der Waals surface area contributed by atoms with Crippen LogP contribution in [0, 0.1) is 5.92 Å². The molecule has 188 valence electrons. The van der Waals surface area contributed by atoms with Crippen LogP contribution in [0.25, 0.3) is 10.9 Å². The van der Waals surface area contributed by atoms with E-state index in [2.05, 4.69) is 20.7 Å². The van der Waals surface area contributed by atoms with Gasteiger partial charge in [-0.25, -0.2) is 0 Å². The third-order valence-electron chi connectivity index (χ3n) is 6.87. The average molecular weight is 482 g/mol. The quantitative estimate of drug-likeness (QED) is 0.478. The molecule has 0 radical (unpaired) electrons. The van der Waals surface area contributed by atoms with Gasteiger partial charge in [0.25, 0.3) is 5.56 Å². The third kappa shape index (κ3) is 5.73. The summed E-state index contributed by atoms with van der Waals surface area (Å²) in [5, 5.41) is 8.42. The van der Waals surface area contributed by atoms with E-state index in [4.69, 9.17) is 4.74 Å². The lowest BCUT2D eigenvalue weighted by Gasteiger charge is -2.35. The van der Waals surface area contributed by atoms with Crippen molar-refractivity contribution in [3.8, 4) is 0 Å². The molecule has 2 atom stereocenters. The highest BCUT2D eigenvalue weighted by molar-refractivity contribution is 5.89. The number of nitrogens with one attached hydrogen (secondary N) is 2. The number of fused-ring (bicyclic) bond motifs is 1. The van der Waals surface area contributed by atoms with E-state index in [0.717, 1.165) is 43.3 Å². The van der Waals surface area contributed by atoms with E-state index in [1.165, 1.54) is 0 Å². The Balaban J connectivity index is 1.44. The van der Waals surface area contributed by atoms with Gasteiger partial charge < -0.3 is 19.5 Å². The van der Waals surface area contributed by atoms with E-state index in [0.29, 0.717) is 30.7 Å². The molecule has 35 heavy (non-hydrogen) atoms. The van der Waals surface area contributed by atoms with Gasteiger partial charge in [0, 0.05) is 33.0 Å². The van der Waals surface area contributed by atoms with Crippen molar-refractivity contribution >= 4 is 28.5 Å². The van der Waals surface area contributed by atoms with Crippen LogP contribution in [0.2, 0.25) is 0 Å². The van der Waals surface area contributed by atoms with Crippen LogP contribution < -0.4 is 16.3 Å². The molecular formula is C26H35N5O4. The topological polar surface area (TPSA) is 105 Å². The van der Waals surface area contributed by atoms with Crippen molar-refractivity contribution in [3.05, 3.63) is 46.2 Å². The predicted octanol–water partition coefficient (Wildman–Crippen LogP) is 2.45. The minimum Gasteiger partial charge on any atom is -0.448 e. The second kappa shape index (κ2) is 11.0. The number of ether oxygens (including phenoxy) is 1. The third-order valence-corrected chi connectivity index (χ3v) is 6.87. The highest BCUT2D eigenvalue weighted by Gasteiger charge is 2.35. The van der Waals surface area contributed by atoms with Crippen molar-refractivity contribution in [2.24, 2.45) is 18.1 Å². The van der Waals surface area contributed by atoms with Gasteiger partial charge in [-0.15, -0.1) is 5.10 Å². The maximum Gasteiger partial charge on any atom is 0.259 e. The highest BCUT2D eigenvalue weighted by atomic mass is 16.5. The summed E-state index contributed by atoms with van der Waals surface area (Å²) in [5.74, 6) is 0.612. The Morgan fingerprint density at radius 2 is 1.97 bits per heavy atom. The molecule has 9 heteroatoms. The summed E-state index contributed by atoms with van der Waals surface area (Å²) in [6.45, 7) is 3.35. The molecule has 3 heterocycles. The zero-order valence-electron chi connectivity index (χ0n) is 20.8. The molecule has 2 aliphatic heterocycles. The maximum absolute atomic E-state index is 13.0. The molecule has 0 bridgehead atoms. The normalized spacial score (nSPS) is 18.9. The zero-order valence-corrected chi connectivity index (χ0v) is 20.8. The van der Waals surface area contributed by atoms with Gasteiger partial charge in [-0.05, 0) is 37.4 Å². The molecule has 0 spiro atoms. The molecule has 9 nitrogen and oxygen atoms in total. The van der Waals surface area contributed by atoms with Crippen LogP contribution in [0.4, 0.5) is 0 Å². The van der Waals surface area contributed by atoms with Gasteiger partial charge in [-0.1, -0.05) is 38.0 Å². The summed E-state index contributed by atoms with van der Waals surface area (Å²) < 4.78 is 7.72. The van der Waals surface area contributed by atoms with Gasteiger partial charge in [0.05, 0.1) is 17.0 Å². The molecule has 0 aliphatic carbocycles. The molecule has 2 N–H and O–H groups in total. The number of carbonyl (C=O) groups excluding carboxylic acids is 2. The minimum absolute atomic E-state index is 0.00868. The van der Waals surface area contributed by atoms with Crippen molar-refractivity contribution in [2.75, 3.05) is 20.1 Å². The molecule has 2 aliphatic rings. The first kappa shape index (κ1) is 24.9. The summed E-state index contributed by atoms with van der Waals surface area (Å²) in [7, 11) is 3.73. The Hall–Kier alpha value is -3.20. The predicted molar refractivity (Wildman–Crippen MR) is 135 cm³/mol. The SMILES string of the molecule is CCC(=O)CCCCCC(NC(=O)C1CN(C)C1)C1=NNC(c2cc3ccccc3n(C)c2=O)O1. The lowest BCUT2D eigenvalue weighted by Crippen LogP contribution is -2.54. The number of pyridine rings is 1. The van der Waals surface area contributed by atoms with Crippen molar-refractivity contribution in [1.82, 2.24) is 20.2 Å². The molecule has 1 saturated heterocycles. The number of hydrogen-bond acceptors (Lipinski definition) is 7. The molecule has 1 aromatic heterocycles. The van der Waals surface area contributed by atoms with E-state index in [9.17, 15) is 14.4 Å². The molecule has 4 rings (SSSR count). The van der Waals surface area contributed by atoms with E-state index in [-0.39, 0.29) is 23.2 Å². The van der Waals surface area contributed by atoms with E-state index in [1.807, 2.05) is 44.3 Å². The number of para-hydroxylation sites is 1. The summed E-state index contributed by atoms with van der Waals surface area (Å²) in [4.78, 5) is 39.5. The Labute approximate surface area is 205 Å². The molecule has 0 saturated carbocycles. The average Bonchev–Trinajstić information content (AvgIpc) is 3.33. The lowest BCUT2D eigenvalue weighted by molar-refractivity contribution is -0.130. The fourth-order valence-corrected chi connectivity index (χ4v) is 4.66.